The highest BCUT2D eigenvalue weighted by molar-refractivity contribution is 5.93. The van der Waals surface area contributed by atoms with Crippen molar-refractivity contribution in [2.45, 2.75) is 46.1 Å². The van der Waals surface area contributed by atoms with E-state index in [1.54, 1.807) is 37.3 Å². The van der Waals surface area contributed by atoms with E-state index in [1.165, 1.54) is 0 Å². The molecule has 0 radical (unpaired) electrons. The first-order valence-corrected chi connectivity index (χ1v) is 10.8. The Hall–Kier alpha value is -4.03. The topological polar surface area (TPSA) is 98.9 Å². The third kappa shape index (κ3) is 6.02. The molecule has 0 aliphatic rings. The molecule has 0 saturated heterocycles. The minimum absolute atomic E-state index is 0.266. The van der Waals surface area contributed by atoms with Crippen molar-refractivity contribution < 1.29 is 14.3 Å². The number of nitrogens with zero attached hydrogens (tertiary/aromatic N) is 2. The predicted octanol–water partition coefficient (Wildman–Crippen LogP) is 5.29. The van der Waals surface area contributed by atoms with E-state index >= 15 is 0 Å². The van der Waals surface area contributed by atoms with E-state index in [2.05, 4.69) is 17.1 Å². The minimum Gasteiger partial charge on any atom is -0.488 e. The Morgan fingerprint density at radius 1 is 0.970 bits per heavy atom. The van der Waals surface area contributed by atoms with Crippen LogP contribution in [-0.2, 0) is 17.6 Å². The van der Waals surface area contributed by atoms with Gasteiger partial charge < -0.3 is 14.5 Å². The van der Waals surface area contributed by atoms with Gasteiger partial charge in [0.1, 0.15) is 11.4 Å². The fourth-order valence-corrected chi connectivity index (χ4v) is 3.57. The number of carbonyl (C=O) groups is 1. The number of aromatic nitrogens is 1. The highest BCUT2D eigenvalue weighted by atomic mass is 16.5. The number of esters is 1. The minimum atomic E-state index is -0.413. The fourth-order valence-electron chi connectivity index (χ4n) is 3.57. The Morgan fingerprint density at radius 3 is 2.24 bits per heavy atom. The van der Waals surface area contributed by atoms with Gasteiger partial charge in [-0.1, -0.05) is 12.1 Å². The smallest absolute Gasteiger partial charge is 0.340 e. The number of nitriles is 2. The summed E-state index contributed by atoms with van der Waals surface area (Å²) >= 11 is 0. The summed E-state index contributed by atoms with van der Waals surface area (Å²) in [6.45, 7) is 7.92. The van der Waals surface area contributed by atoms with E-state index in [1.807, 2.05) is 39.1 Å². The van der Waals surface area contributed by atoms with Gasteiger partial charge in [-0.3, -0.25) is 0 Å². The lowest BCUT2D eigenvalue weighted by Gasteiger charge is -2.23. The molecular weight excluding hydrogens is 414 g/mol. The van der Waals surface area contributed by atoms with Crippen LogP contribution in [0.15, 0.2) is 48.7 Å². The van der Waals surface area contributed by atoms with Crippen LogP contribution in [0, 0.1) is 22.7 Å². The van der Waals surface area contributed by atoms with Crippen LogP contribution in [0.25, 0.3) is 0 Å². The van der Waals surface area contributed by atoms with Gasteiger partial charge in [0.05, 0.1) is 35.4 Å². The SMILES string of the molecule is CCOC(=O)c1c(Cc2ccc(C#N)cc2)c[nH]c1Cc1cc(C#N)ccc1OC(C)(C)C. The zero-order valence-electron chi connectivity index (χ0n) is 19.4. The molecule has 0 aliphatic carbocycles. The Labute approximate surface area is 194 Å². The molecule has 1 aromatic heterocycles. The van der Waals surface area contributed by atoms with Gasteiger partial charge in [0, 0.05) is 23.9 Å². The van der Waals surface area contributed by atoms with Crippen molar-refractivity contribution in [1.82, 2.24) is 4.98 Å². The average Bonchev–Trinajstić information content (AvgIpc) is 3.16. The number of benzene rings is 2. The molecule has 3 rings (SSSR count). The maximum absolute atomic E-state index is 12.9. The number of aromatic amines is 1. The number of nitrogens with one attached hydrogen (secondary N) is 1. The molecule has 0 atom stereocenters. The van der Waals surface area contributed by atoms with Crippen LogP contribution >= 0.6 is 0 Å². The Morgan fingerprint density at radius 2 is 1.64 bits per heavy atom. The first-order valence-electron chi connectivity index (χ1n) is 10.8. The van der Waals surface area contributed by atoms with E-state index in [0.29, 0.717) is 41.0 Å². The molecule has 0 fully saturated rings. The maximum Gasteiger partial charge on any atom is 0.340 e. The normalized spacial score (nSPS) is 10.8. The summed E-state index contributed by atoms with van der Waals surface area (Å²) in [4.78, 5) is 16.1. The largest absolute Gasteiger partial charge is 0.488 e. The molecule has 3 aromatic rings. The highest BCUT2D eigenvalue weighted by Crippen LogP contribution is 2.29. The molecule has 168 valence electrons. The lowest BCUT2D eigenvalue weighted by atomic mass is 9.98. The molecule has 2 aromatic carbocycles. The number of ether oxygens (including phenoxy) is 2. The maximum atomic E-state index is 12.9. The van der Waals surface area contributed by atoms with Crippen LogP contribution in [0.2, 0.25) is 0 Å². The Balaban J connectivity index is 2.00. The van der Waals surface area contributed by atoms with Crippen molar-refractivity contribution in [3.05, 3.63) is 87.7 Å². The van der Waals surface area contributed by atoms with Crippen molar-refractivity contribution >= 4 is 5.97 Å². The van der Waals surface area contributed by atoms with E-state index in [4.69, 9.17) is 14.7 Å². The van der Waals surface area contributed by atoms with Crippen molar-refractivity contribution in [2.75, 3.05) is 6.61 Å². The third-order valence-electron chi connectivity index (χ3n) is 4.97. The van der Waals surface area contributed by atoms with Gasteiger partial charge in [-0.25, -0.2) is 4.79 Å². The summed E-state index contributed by atoms with van der Waals surface area (Å²) in [7, 11) is 0. The number of H-pyrrole nitrogens is 1. The molecule has 6 nitrogen and oxygen atoms in total. The van der Waals surface area contributed by atoms with Gasteiger partial charge in [-0.05, 0) is 75.6 Å². The number of carbonyl (C=O) groups excluding carboxylic acids is 1. The molecule has 0 saturated carbocycles. The summed E-state index contributed by atoms with van der Waals surface area (Å²) in [5.41, 5.74) is 4.48. The van der Waals surface area contributed by atoms with Crippen LogP contribution in [0.5, 0.6) is 5.75 Å². The van der Waals surface area contributed by atoms with Gasteiger partial charge in [0.15, 0.2) is 0 Å². The molecule has 0 spiro atoms. The number of rotatable bonds is 7. The Bertz CT molecular complexity index is 1220. The summed E-state index contributed by atoms with van der Waals surface area (Å²) in [5, 5.41) is 18.4. The second-order valence-electron chi connectivity index (χ2n) is 8.70. The van der Waals surface area contributed by atoms with Crippen molar-refractivity contribution in [1.29, 1.82) is 10.5 Å². The fraction of sp³-hybridized carbons (Fsp3) is 0.296. The van der Waals surface area contributed by atoms with E-state index in [0.717, 1.165) is 16.7 Å². The van der Waals surface area contributed by atoms with Crippen LogP contribution in [0.4, 0.5) is 0 Å². The van der Waals surface area contributed by atoms with Crippen molar-refractivity contribution in [2.24, 2.45) is 0 Å². The molecule has 33 heavy (non-hydrogen) atoms. The quantitative estimate of drug-likeness (QED) is 0.502. The van der Waals surface area contributed by atoms with Gasteiger partial charge in [0.2, 0.25) is 0 Å². The lowest BCUT2D eigenvalue weighted by Crippen LogP contribution is -2.23. The van der Waals surface area contributed by atoms with Crippen LogP contribution < -0.4 is 4.74 Å². The van der Waals surface area contributed by atoms with E-state index in [-0.39, 0.29) is 6.61 Å². The third-order valence-corrected chi connectivity index (χ3v) is 4.97. The lowest BCUT2D eigenvalue weighted by molar-refractivity contribution is 0.0524. The molecule has 0 aliphatic heterocycles. The molecule has 0 unspecified atom stereocenters. The molecule has 6 heteroatoms. The second kappa shape index (κ2) is 10.1. The van der Waals surface area contributed by atoms with Crippen LogP contribution in [0.3, 0.4) is 0 Å². The zero-order valence-corrected chi connectivity index (χ0v) is 19.4. The Kier molecular flexibility index (Phi) is 7.20. The van der Waals surface area contributed by atoms with E-state index < -0.39 is 11.6 Å². The zero-order chi connectivity index (χ0) is 24.0. The predicted molar refractivity (Wildman–Crippen MR) is 125 cm³/mol. The molecule has 1 heterocycles. The van der Waals surface area contributed by atoms with Crippen LogP contribution in [-0.4, -0.2) is 23.2 Å². The standard InChI is InChI=1S/C27H27N3O3/c1-5-32-26(31)25-22(12-18-6-8-19(15-28)9-7-18)17-30-23(25)14-21-13-20(16-29)10-11-24(21)33-27(2,3)4/h6-11,13,17,30H,5,12,14H2,1-4H3. The second-order valence-corrected chi connectivity index (χ2v) is 8.70. The monoisotopic (exact) mass is 441 g/mol. The van der Waals surface area contributed by atoms with Gasteiger partial charge in [0.25, 0.3) is 0 Å². The van der Waals surface area contributed by atoms with Crippen LogP contribution in [0.1, 0.15) is 71.6 Å². The van der Waals surface area contributed by atoms with Crippen molar-refractivity contribution in [3.63, 3.8) is 0 Å². The van der Waals surface area contributed by atoms with Crippen molar-refractivity contribution in [3.8, 4) is 17.9 Å². The molecule has 1 N–H and O–H groups in total. The first-order chi connectivity index (χ1) is 15.7. The summed E-state index contributed by atoms with van der Waals surface area (Å²) in [5.74, 6) is 0.270. The first kappa shape index (κ1) is 23.6. The van der Waals surface area contributed by atoms with Gasteiger partial charge >= 0.3 is 5.97 Å². The summed E-state index contributed by atoms with van der Waals surface area (Å²) in [6.07, 6.45) is 2.71. The molecule has 0 amide bonds. The van der Waals surface area contributed by atoms with E-state index in [9.17, 15) is 10.1 Å². The summed E-state index contributed by atoms with van der Waals surface area (Å²) < 4.78 is 11.5. The average molecular weight is 442 g/mol. The number of hydrogen-bond acceptors (Lipinski definition) is 5. The molecular formula is C27H27N3O3. The number of hydrogen-bond donors (Lipinski definition) is 1. The molecule has 0 bridgehead atoms. The highest BCUT2D eigenvalue weighted by Gasteiger charge is 2.22. The van der Waals surface area contributed by atoms with Gasteiger partial charge in [-0.2, -0.15) is 10.5 Å². The van der Waals surface area contributed by atoms with Gasteiger partial charge in [-0.15, -0.1) is 0 Å². The summed E-state index contributed by atoms with van der Waals surface area (Å²) in [6, 6.07) is 16.9.